The van der Waals surface area contributed by atoms with Crippen LogP contribution >= 0.6 is 0 Å². The van der Waals surface area contributed by atoms with E-state index in [2.05, 4.69) is 5.32 Å². The monoisotopic (exact) mass is 213 g/mol. The lowest BCUT2D eigenvalue weighted by Crippen LogP contribution is -2.39. The summed E-state index contributed by atoms with van der Waals surface area (Å²) < 4.78 is 0. The molecule has 0 aromatic heterocycles. The van der Waals surface area contributed by atoms with Crippen LogP contribution in [0, 0.1) is 5.92 Å². The number of nitrogens with zero attached hydrogens (tertiary/aromatic N) is 1. The van der Waals surface area contributed by atoms with E-state index in [4.69, 9.17) is 5.73 Å². The third-order valence-corrected chi connectivity index (χ3v) is 2.58. The fourth-order valence-corrected chi connectivity index (χ4v) is 1.31. The molecular weight excluding hydrogens is 194 g/mol. The average Bonchev–Trinajstić information content (AvgIpc) is 2.96. The van der Waals surface area contributed by atoms with Gasteiger partial charge in [0.05, 0.1) is 6.54 Å². The molecule has 5 heteroatoms. The van der Waals surface area contributed by atoms with Gasteiger partial charge in [0.1, 0.15) is 0 Å². The molecule has 5 nitrogen and oxygen atoms in total. The van der Waals surface area contributed by atoms with Gasteiger partial charge in [-0.15, -0.1) is 0 Å². The van der Waals surface area contributed by atoms with Gasteiger partial charge in [0, 0.05) is 26.6 Å². The lowest BCUT2D eigenvalue weighted by atomic mass is 10.1. The van der Waals surface area contributed by atoms with Gasteiger partial charge in [-0.05, 0) is 18.8 Å². The lowest BCUT2D eigenvalue weighted by molar-refractivity contribution is -0.131. The maximum Gasteiger partial charge on any atom is 0.241 e. The van der Waals surface area contributed by atoms with Crippen LogP contribution in [-0.4, -0.2) is 43.4 Å². The first kappa shape index (κ1) is 12.0. The summed E-state index contributed by atoms with van der Waals surface area (Å²) in [5.74, 6) is 0.272. The molecular formula is C10H19N3O2. The smallest absolute Gasteiger partial charge is 0.241 e. The standard InChI is InChI=1S/C10H19N3O2/c1-13(2)10(15)6-12-9(14)5-8(11)7-3-4-7/h7-8H,3-6,11H2,1-2H3,(H,12,14). The van der Waals surface area contributed by atoms with Crippen molar-refractivity contribution in [2.45, 2.75) is 25.3 Å². The highest BCUT2D eigenvalue weighted by molar-refractivity contribution is 5.84. The Hall–Kier alpha value is -1.10. The molecule has 0 aliphatic heterocycles. The van der Waals surface area contributed by atoms with Crippen molar-refractivity contribution in [1.82, 2.24) is 10.2 Å². The molecule has 1 unspecified atom stereocenters. The van der Waals surface area contributed by atoms with Crippen molar-refractivity contribution in [3.63, 3.8) is 0 Å². The Morgan fingerprint density at radius 3 is 2.53 bits per heavy atom. The maximum atomic E-state index is 11.4. The second-order valence-corrected chi connectivity index (χ2v) is 4.27. The number of carbonyl (C=O) groups excluding carboxylic acids is 2. The van der Waals surface area contributed by atoms with Crippen LogP contribution in [0.2, 0.25) is 0 Å². The Morgan fingerprint density at radius 1 is 1.47 bits per heavy atom. The number of hydrogen-bond donors (Lipinski definition) is 2. The molecule has 1 fully saturated rings. The second kappa shape index (κ2) is 5.11. The van der Waals surface area contributed by atoms with Crippen LogP contribution in [0.5, 0.6) is 0 Å². The summed E-state index contributed by atoms with van der Waals surface area (Å²) in [6, 6.07) is -0.0422. The largest absolute Gasteiger partial charge is 0.347 e. The molecule has 0 saturated heterocycles. The molecule has 3 N–H and O–H groups in total. The van der Waals surface area contributed by atoms with Gasteiger partial charge in [-0.2, -0.15) is 0 Å². The Balaban J connectivity index is 2.15. The van der Waals surface area contributed by atoms with Gasteiger partial charge >= 0.3 is 0 Å². The van der Waals surface area contributed by atoms with E-state index < -0.39 is 0 Å². The highest BCUT2D eigenvalue weighted by Crippen LogP contribution is 2.32. The maximum absolute atomic E-state index is 11.4. The number of likely N-dealkylation sites (N-methyl/N-ethyl adjacent to an activating group) is 1. The molecule has 0 aromatic rings. The zero-order valence-corrected chi connectivity index (χ0v) is 9.32. The van der Waals surface area contributed by atoms with Gasteiger partial charge in [0.25, 0.3) is 0 Å². The van der Waals surface area contributed by atoms with E-state index in [1.165, 1.54) is 4.90 Å². The van der Waals surface area contributed by atoms with E-state index in [1.807, 2.05) is 0 Å². The van der Waals surface area contributed by atoms with Crippen LogP contribution in [-0.2, 0) is 9.59 Å². The first-order valence-electron chi connectivity index (χ1n) is 5.23. The Kier molecular flexibility index (Phi) is 4.08. The van der Waals surface area contributed by atoms with Crippen LogP contribution in [0.15, 0.2) is 0 Å². The van der Waals surface area contributed by atoms with Crippen LogP contribution < -0.4 is 11.1 Å². The van der Waals surface area contributed by atoms with Crippen molar-refractivity contribution >= 4 is 11.8 Å². The molecule has 0 aromatic carbocycles. The summed E-state index contributed by atoms with van der Waals surface area (Å²) in [4.78, 5) is 24.0. The highest BCUT2D eigenvalue weighted by atomic mass is 16.2. The quantitative estimate of drug-likeness (QED) is 0.635. The average molecular weight is 213 g/mol. The van der Waals surface area contributed by atoms with Crippen LogP contribution in [0.25, 0.3) is 0 Å². The summed E-state index contributed by atoms with van der Waals surface area (Å²) in [6.07, 6.45) is 2.58. The lowest BCUT2D eigenvalue weighted by Gasteiger charge is -2.12. The summed E-state index contributed by atoms with van der Waals surface area (Å²) in [5, 5.41) is 2.57. The van der Waals surface area contributed by atoms with E-state index in [0.29, 0.717) is 12.3 Å². The van der Waals surface area contributed by atoms with Gasteiger partial charge in [-0.1, -0.05) is 0 Å². The summed E-state index contributed by atoms with van der Waals surface area (Å²) >= 11 is 0. The summed E-state index contributed by atoms with van der Waals surface area (Å²) in [6.45, 7) is 0.0587. The fraction of sp³-hybridized carbons (Fsp3) is 0.800. The van der Waals surface area contributed by atoms with Gasteiger partial charge in [-0.3, -0.25) is 9.59 Å². The Labute approximate surface area is 90.0 Å². The second-order valence-electron chi connectivity index (χ2n) is 4.27. The molecule has 1 rings (SSSR count). The predicted octanol–water partition coefficient (Wildman–Crippen LogP) is -0.682. The molecule has 15 heavy (non-hydrogen) atoms. The molecule has 86 valence electrons. The number of carbonyl (C=O) groups is 2. The van der Waals surface area contributed by atoms with Crippen molar-refractivity contribution in [3.8, 4) is 0 Å². The molecule has 2 amide bonds. The SMILES string of the molecule is CN(C)C(=O)CNC(=O)CC(N)C1CC1. The third kappa shape index (κ3) is 4.29. The zero-order valence-electron chi connectivity index (χ0n) is 9.32. The molecule has 0 radical (unpaired) electrons. The number of amides is 2. The molecule has 0 heterocycles. The molecule has 1 atom stereocenters. The highest BCUT2D eigenvalue weighted by Gasteiger charge is 2.29. The van der Waals surface area contributed by atoms with Crippen LogP contribution in [0.1, 0.15) is 19.3 Å². The zero-order chi connectivity index (χ0) is 11.4. The van der Waals surface area contributed by atoms with Gasteiger partial charge in [0.2, 0.25) is 11.8 Å². The minimum Gasteiger partial charge on any atom is -0.347 e. The molecule has 0 spiro atoms. The minimum absolute atomic E-state index is 0.0422. The third-order valence-electron chi connectivity index (χ3n) is 2.58. The Morgan fingerprint density at radius 2 is 2.07 bits per heavy atom. The number of rotatable bonds is 5. The van der Waals surface area contributed by atoms with E-state index in [9.17, 15) is 9.59 Å². The van der Waals surface area contributed by atoms with Gasteiger partial charge < -0.3 is 16.0 Å². The number of hydrogen-bond acceptors (Lipinski definition) is 3. The van der Waals surface area contributed by atoms with Crippen molar-refractivity contribution in [3.05, 3.63) is 0 Å². The molecule has 1 saturated carbocycles. The minimum atomic E-state index is -0.135. The topological polar surface area (TPSA) is 75.4 Å². The number of nitrogens with two attached hydrogens (primary N) is 1. The van der Waals surface area contributed by atoms with Gasteiger partial charge in [-0.25, -0.2) is 0 Å². The molecule has 0 bridgehead atoms. The molecule has 1 aliphatic carbocycles. The van der Waals surface area contributed by atoms with Crippen LogP contribution in [0.4, 0.5) is 0 Å². The van der Waals surface area contributed by atoms with E-state index in [0.717, 1.165) is 12.8 Å². The van der Waals surface area contributed by atoms with E-state index >= 15 is 0 Å². The van der Waals surface area contributed by atoms with Crippen LogP contribution in [0.3, 0.4) is 0 Å². The summed E-state index contributed by atoms with van der Waals surface area (Å²) in [7, 11) is 3.31. The van der Waals surface area contributed by atoms with Crippen molar-refractivity contribution in [2.75, 3.05) is 20.6 Å². The van der Waals surface area contributed by atoms with E-state index in [1.54, 1.807) is 14.1 Å². The molecule has 1 aliphatic rings. The summed E-state index contributed by atoms with van der Waals surface area (Å²) in [5.41, 5.74) is 5.79. The first-order valence-corrected chi connectivity index (χ1v) is 5.23. The Bertz CT molecular complexity index is 249. The number of nitrogens with one attached hydrogen (secondary N) is 1. The van der Waals surface area contributed by atoms with Crippen molar-refractivity contribution < 1.29 is 9.59 Å². The first-order chi connectivity index (χ1) is 7.00. The normalized spacial score (nSPS) is 17.0. The van der Waals surface area contributed by atoms with Gasteiger partial charge in [0.15, 0.2) is 0 Å². The van der Waals surface area contributed by atoms with Crippen molar-refractivity contribution in [2.24, 2.45) is 11.7 Å². The van der Waals surface area contributed by atoms with E-state index in [-0.39, 0.29) is 24.4 Å². The predicted molar refractivity (Wildman–Crippen MR) is 57.0 cm³/mol. The fourth-order valence-electron chi connectivity index (χ4n) is 1.31. The van der Waals surface area contributed by atoms with Crippen molar-refractivity contribution in [1.29, 1.82) is 0 Å².